The molecule has 2 atom stereocenters. The van der Waals surface area contributed by atoms with Crippen molar-refractivity contribution >= 4 is 5.97 Å². The Kier molecular flexibility index (Phi) is 7.32. The van der Waals surface area contributed by atoms with Gasteiger partial charge in [-0.15, -0.1) is 0 Å². The maximum absolute atomic E-state index is 12.3. The van der Waals surface area contributed by atoms with Gasteiger partial charge in [-0.25, -0.2) is 8.78 Å². The fourth-order valence-electron chi connectivity index (χ4n) is 1.72. The van der Waals surface area contributed by atoms with Gasteiger partial charge in [0, 0.05) is 6.04 Å². The van der Waals surface area contributed by atoms with Crippen LogP contribution in [-0.2, 0) is 9.53 Å². The van der Waals surface area contributed by atoms with E-state index in [2.05, 4.69) is 5.32 Å². The minimum atomic E-state index is -2.37. The van der Waals surface area contributed by atoms with Gasteiger partial charge in [-0.05, 0) is 41.3 Å². The molecule has 0 fully saturated rings. The second kappa shape index (κ2) is 7.63. The molecule has 0 heterocycles. The van der Waals surface area contributed by atoms with Crippen molar-refractivity contribution in [3.05, 3.63) is 0 Å². The number of nitrogens with zero attached hydrogens (tertiary/aromatic N) is 1. The van der Waals surface area contributed by atoms with E-state index in [9.17, 15) is 13.6 Å². The lowest BCUT2D eigenvalue weighted by Crippen LogP contribution is -2.52. The highest BCUT2D eigenvalue weighted by molar-refractivity contribution is 5.80. The van der Waals surface area contributed by atoms with Crippen LogP contribution in [0.2, 0.25) is 0 Å². The Morgan fingerprint density at radius 3 is 2.44 bits per heavy atom. The SMILES string of the molecule is CCOC(=O)C(C)(CC(C)N(C)CC(F)F)NC. The van der Waals surface area contributed by atoms with Crippen molar-refractivity contribution in [2.75, 3.05) is 27.2 Å². The third-order valence-corrected chi connectivity index (χ3v) is 3.16. The number of esters is 1. The summed E-state index contributed by atoms with van der Waals surface area (Å²) in [5.41, 5.74) is -0.855. The minimum Gasteiger partial charge on any atom is -0.465 e. The van der Waals surface area contributed by atoms with Crippen LogP contribution >= 0.6 is 0 Å². The number of carbonyl (C=O) groups excluding carboxylic acids is 1. The van der Waals surface area contributed by atoms with Gasteiger partial charge < -0.3 is 10.1 Å². The maximum atomic E-state index is 12.3. The van der Waals surface area contributed by atoms with Gasteiger partial charge >= 0.3 is 5.97 Å². The van der Waals surface area contributed by atoms with Gasteiger partial charge in [0.1, 0.15) is 5.54 Å². The Balaban J connectivity index is 4.55. The normalized spacial score (nSPS) is 16.7. The molecule has 0 rings (SSSR count). The summed E-state index contributed by atoms with van der Waals surface area (Å²) in [5, 5.41) is 2.91. The molecule has 0 bridgehead atoms. The number of halogens is 2. The summed E-state index contributed by atoms with van der Waals surface area (Å²) in [6.07, 6.45) is -1.97. The van der Waals surface area contributed by atoms with Crippen molar-refractivity contribution in [2.45, 2.75) is 45.2 Å². The molecule has 0 saturated carbocycles. The number of alkyl halides is 2. The van der Waals surface area contributed by atoms with Crippen LogP contribution in [0.15, 0.2) is 0 Å². The summed E-state index contributed by atoms with van der Waals surface area (Å²) >= 11 is 0. The topological polar surface area (TPSA) is 41.6 Å². The van der Waals surface area contributed by atoms with E-state index >= 15 is 0 Å². The molecule has 2 unspecified atom stereocenters. The number of hydrogen-bond donors (Lipinski definition) is 1. The Morgan fingerprint density at radius 1 is 1.50 bits per heavy atom. The van der Waals surface area contributed by atoms with Crippen LogP contribution in [-0.4, -0.2) is 56.1 Å². The Hall–Kier alpha value is -0.750. The third-order valence-electron chi connectivity index (χ3n) is 3.16. The zero-order valence-corrected chi connectivity index (χ0v) is 11.8. The van der Waals surface area contributed by atoms with E-state index in [0.717, 1.165) is 0 Å². The molecule has 0 aliphatic heterocycles. The van der Waals surface area contributed by atoms with Gasteiger partial charge in [-0.3, -0.25) is 9.69 Å². The summed E-state index contributed by atoms with van der Waals surface area (Å²) in [5.74, 6) is -0.357. The number of rotatable bonds is 8. The lowest BCUT2D eigenvalue weighted by molar-refractivity contribution is -0.151. The van der Waals surface area contributed by atoms with Gasteiger partial charge in [0.2, 0.25) is 0 Å². The fraction of sp³-hybridized carbons (Fsp3) is 0.917. The summed E-state index contributed by atoms with van der Waals surface area (Å²) in [6, 6.07) is -0.152. The predicted octanol–water partition coefficient (Wildman–Crippen LogP) is 1.50. The first kappa shape index (κ1) is 17.2. The molecule has 18 heavy (non-hydrogen) atoms. The summed E-state index contributed by atoms with van der Waals surface area (Å²) < 4.78 is 29.6. The van der Waals surface area contributed by atoms with Crippen LogP contribution in [0.4, 0.5) is 8.78 Å². The summed E-state index contributed by atoms with van der Waals surface area (Å²) in [7, 11) is 3.29. The van der Waals surface area contributed by atoms with Crippen LogP contribution in [0, 0.1) is 0 Å². The first-order valence-electron chi connectivity index (χ1n) is 6.11. The third kappa shape index (κ3) is 5.27. The highest BCUT2D eigenvalue weighted by Gasteiger charge is 2.35. The number of ether oxygens (including phenoxy) is 1. The van der Waals surface area contributed by atoms with Crippen LogP contribution in [0.3, 0.4) is 0 Å². The van der Waals surface area contributed by atoms with Crippen molar-refractivity contribution in [3.8, 4) is 0 Å². The minimum absolute atomic E-state index is 0.152. The first-order chi connectivity index (χ1) is 8.26. The second-order valence-electron chi connectivity index (χ2n) is 4.69. The van der Waals surface area contributed by atoms with Crippen LogP contribution < -0.4 is 5.32 Å². The average Bonchev–Trinajstić information content (AvgIpc) is 2.28. The smallest absolute Gasteiger partial charge is 0.326 e. The molecule has 0 radical (unpaired) electrons. The van der Waals surface area contributed by atoms with E-state index < -0.39 is 12.0 Å². The first-order valence-corrected chi connectivity index (χ1v) is 6.11. The van der Waals surface area contributed by atoms with Crippen molar-refractivity contribution in [3.63, 3.8) is 0 Å². The van der Waals surface area contributed by atoms with Crippen molar-refractivity contribution in [1.29, 1.82) is 0 Å². The van der Waals surface area contributed by atoms with Crippen molar-refractivity contribution in [2.24, 2.45) is 0 Å². The van der Waals surface area contributed by atoms with Gasteiger partial charge in [0.25, 0.3) is 6.43 Å². The number of carbonyl (C=O) groups is 1. The number of nitrogens with one attached hydrogen (secondary N) is 1. The highest BCUT2D eigenvalue weighted by atomic mass is 19.3. The van der Waals surface area contributed by atoms with Gasteiger partial charge in [0.15, 0.2) is 0 Å². The van der Waals surface area contributed by atoms with Gasteiger partial charge in [-0.2, -0.15) is 0 Å². The molecular formula is C12H24F2N2O2. The van der Waals surface area contributed by atoms with Crippen molar-refractivity contribution < 1.29 is 18.3 Å². The molecule has 0 aromatic heterocycles. The molecule has 4 nitrogen and oxygen atoms in total. The largest absolute Gasteiger partial charge is 0.465 e. The van der Waals surface area contributed by atoms with Gasteiger partial charge in [-0.1, -0.05) is 0 Å². The van der Waals surface area contributed by atoms with E-state index in [1.54, 1.807) is 32.8 Å². The Labute approximate surface area is 108 Å². The monoisotopic (exact) mass is 266 g/mol. The molecule has 0 aromatic rings. The summed E-state index contributed by atoms with van der Waals surface area (Å²) in [4.78, 5) is 13.4. The molecule has 0 aromatic carbocycles. The zero-order valence-electron chi connectivity index (χ0n) is 11.8. The Bertz CT molecular complexity index is 264. The quantitative estimate of drug-likeness (QED) is 0.676. The van der Waals surface area contributed by atoms with Gasteiger partial charge in [0.05, 0.1) is 13.2 Å². The lowest BCUT2D eigenvalue weighted by atomic mass is 9.93. The second-order valence-corrected chi connectivity index (χ2v) is 4.69. The lowest BCUT2D eigenvalue weighted by Gasteiger charge is -2.33. The molecule has 0 aliphatic rings. The molecule has 0 saturated heterocycles. The van der Waals surface area contributed by atoms with E-state index in [0.29, 0.717) is 13.0 Å². The average molecular weight is 266 g/mol. The molecule has 1 N–H and O–H groups in total. The zero-order chi connectivity index (χ0) is 14.3. The van der Waals surface area contributed by atoms with Crippen LogP contribution in [0.25, 0.3) is 0 Å². The number of likely N-dealkylation sites (N-methyl/N-ethyl adjacent to an activating group) is 1. The van der Waals surface area contributed by atoms with Crippen molar-refractivity contribution in [1.82, 2.24) is 10.2 Å². The molecule has 108 valence electrons. The molecular weight excluding hydrogens is 242 g/mol. The standard InChI is InChI=1S/C12H24F2N2O2/c1-6-18-11(17)12(3,15-4)7-9(2)16(5)8-10(13)14/h9-10,15H,6-8H2,1-5H3. The molecule has 0 amide bonds. The summed E-state index contributed by atoms with van der Waals surface area (Å²) in [6.45, 7) is 5.27. The number of hydrogen-bond acceptors (Lipinski definition) is 4. The highest BCUT2D eigenvalue weighted by Crippen LogP contribution is 2.17. The predicted molar refractivity (Wildman–Crippen MR) is 66.8 cm³/mol. The fourth-order valence-corrected chi connectivity index (χ4v) is 1.72. The molecule has 6 heteroatoms. The molecule has 0 spiro atoms. The van der Waals surface area contributed by atoms with E-state index in [4.69, 9.17) is 4.74 Å². The molecule has 0 aliphatic carbocycles. The van der Waals surface area contributed by atoms with Crippen LogP contribution in [0.5, 0.6) is 0 Å². The maximum Gasteiger partial charge on any atom is 0.326 e. The van der Waals surface area contributed by atoms with E-state index in [-0.39, 0.29) is 18.6 Å². The Morgan fingerprint density at radius 2 is 2.06 bits per heavy atom. The van der Waals surface area contributed by atoms with E-state index in [1.807, 2.05) is 6.92 Å². The van der Waals surface area contributed by atoms with Crippen LogP contribution in [0.1, 0.15) is 27.2 Å². The van der Waals surface area contributed by atoms with E-state index in [1.165, 1.54) is 0 Å².